The predicted molar refractivity (Wildman–Crippen MR) is 165 cm³/mol. The average molecular weight is 591 g/mol. The highest BCUT2D eigenvalue weighted by Crippen LogP contribution is 2.68. The Morgan fingerprint density at radius 2 is 1.50 bits per heavy atom. The fourth-order valence-electron chi connectivity index (χ4n) is 10.4. The average Bonchev–Trinajstić information content (AvgIpc) is 3.19. The number of hydrogen-bond acceptors (Lipinski definition) is 6. The molecular weight excluding hydrogens is 528 g/mol. The van der Waals surface area contributed by atoms with Crippen LogP contribution >= 0.6 is 0 Å². The molecule has 11 atom stereocenters. The van der Waals surface area contributed by atoms with Crippen molar-refractivity contribution in [2.45, 2.75) is 163 Å². The van der Waals surface area contributed by atoms with Crippen LogP contribution in [0, 0.1) is 52.3 Å². The van der Waals surface area contributed by atoms with Crippen molar-refractivity contribution in [3.63, 3.8) is 0 Å². The van der Waals surface area contributed by atoms with E-state index in [-0.39, 0.29) is 18.0 Å². The van der Waals surface area contributed by atoms with E-state index in [0.717, 1.165) is 37.0 Å². The molecule has 0 amide bonds. The first-order chi connectivity index (χ1) is 19.3. The predicted octanol–water partition coefficient (Wildman–Crippen LogP) is 8.08. The first kappa shape index (κ1) is 33.7. The summed E-state index contributed by atoms with van der Waals surface area (Å²) in [7, 11) is 0. The standard InChI is InChI=1S/C36H62O6/c1-22(11-13-27(31(38)41-33(3,4)5)32(39)42-34(6,7)8)28-15-16-29-26-14-12-24-21-25(40-23(2)37)17-19-35(24,9)30(26)18-20-36(28,29)10/h22,24-31,38H,11-21H2,1-10H3/t22-,24?,25-,26?,27?,28?,29?,30?,31?,35+,36-/m1/s1. The maximum absolute atomic E-state index is 13.2. The van der Waals surface area contributed by atoms with Gasteiger partial charge in [-0.2, -0.15) is 0 Å². The maximum atomic E-state index is 13.2. The molecule has 0 aromatic rings. The Morgan fingerprint density at radius 3 is 2.12 bits per heavy atom. The lowest BCUT2D eigenvalue weighted by Gasteiger charge is -2.61. The van der Waals surface area contributed by atoms with Crippen LogP contribution in [0.4, 0.5) is 0 Å². The minimum atomic E-state index is -1.18. The largest absolute Gasteiger partial charge is 0.463 e. The quantitative estimate of drug-likeness (QED) is 0.227. The van der Waals surface area contributed by atoms with Gasteiger partial charge in [-0.05, 0) is 159 Å². The maximum Gasteiger partial charge on any atom is 0.314 e. The number of aliphatic hydroxyl groups excluding tert-OH is 1. The fourth-order valence-corrected chi connectivity index (χ4v) is 10.4. The second kappa shape index (κ2) is 12.3. The molecule has 4 aliphatic rings. The zero-order valence-corrected chi connectivity index (χ0v) is 28.5. The first-order valence-electron chi connectivity index (χ1n) is 17.1. The molecule has 6 nitrogen and oxygen atoms in total. The van der Waals surface area contributed by atoms with Crippen LogP contribution in [-0.4, -0.2) is 40.6 Å². The van der Waals surface area contributed by atoms with Crippen LogP contribution in [0.3, 0.4) is 0 Å². The van der Waals surface area contributed by atoms with Gasteiger partial charge in [0.1, 0.15) is 17.6 Å². The Morgan fingerprint density at radius 1 is 0.857 bits per heavy atom. The molecule has 0 spiro atoms. The summed E-state index contributed by atoms with van der Waals surface area (Å²) < 4.78 is 17.3. The molecule has 0 aliphatic heterocycles. The minimum Gasteiger partial charge on any atom is -0.463 e. The number of fused-ring (bicyclic) bond motifs is 5. The highest BCUT2D eigenvalue weighted by Gasteiger charge is 2.60. The molecule has 4 fully saturated rings. The third kappa shape index (κ3) is 7.22. The van der Waals surface area contributed by atoms with Gasteiger partial charge >= 0.3 is 11.9 Å². The van der Waals surface area contributed by atoms with Crippen LogP contribution in [0.15, 0.2) is 0 Å². The van der Waals surface area contributed by atoms with Gasteiger partial charge in [-0.25, -0.2) is 0 Å². The van der Waals surface area contributed by atoms with Gasteiger partial charge in [-0.1, -0.05) is 20.8 Å². The van der Waals surface area contributed by atoms with Crippen molar-refractivity contribution in [2.75, 3.05) is 0 Å². The second-order valence-corrected chi connectivity index (χ2v) is 17.2. The third-order valence-electron chi connectivity index (χ3n) is 12.2. The zero-order valence-electron chi connectivity index (χ0n) is 28.5. The molecule has 4 rings (SSSR count). The lowest BCUT2D eigenvalue weighted by atomic mass is 9.44. The summed E-state index contributed by atoms with van der Waals surface area (Å²) in [6.07, 6.45) is 11.4. The molecule has 0 bridgehead atoms. The summed E-state index contributed by atoms with van der Waals surface area (Å²) in [5.41, 5.74) is -0.455. The van der Waals surface area contributed by atoms with Crippen molar-refractivity contribution in [3.05, 3.63) is 0 Å². The number of rotatable bonds is 8. The van der Waals surface area contributed by atoms with Gasteiger partial charge in [0.15, 0.2) is 6.29 Å². The summed E-state index contributed by atoms with van der Waals surface area (Å²) in [5.74, 6) is 2.92. The van der Waals surface area contributed by atoms with E-state index in [1.54, 1.807) is 6.92 Å². The summed E-state index contributed by atoms with van der Waals surface area (Å²) in [6.45, 7) is 20.4. The van der Waals surface area contributed by atoms with E-state index < -0.39 is 23.4 Å². The van der Waals surface area contributed by atoms with Crippen molar-refractivity contribution in [1.29, 1.82) is 0 Å². The highest BCUT2D eigenvalue weighted by molar-refractivity contribution is 5.73. The van der Waals surface area contributed by atoms with Crippen LogP contribution in [0.1, 0.15) is 140 Å². The molecule has 0 aromatic heterocycles. The molecule has 1 N–H and O–H groups in total. The Hall–Kier alpha value is -1.14. The van der Waals surface area contributed by atoms with E-state index in [0.29, 0.717) is 35.0 Å². The highest BCUT2D eigenvalue weighted by atomic mass is 16.6. The van der Waals surface area contributed by atoms with Crippen LogP contribution in [0.25, 0.3) is 0 Å². The molecule has 0 heterocycles. The molecular formula is C36H62O6. The molecule has 0 aromatic carbocycles. The van der Waals surface area contributed by atoms with E-state index in [4.69, 9.17) is 14.2 Å². The first-order valence-corrected chi connectivity index (χ1v) is 17.1. The Labute approximate surface area is 256 Å². The van der Waals surface area contributed by atoms with E-state index >= 15 is 0 Å². The molecule has 0 saturated heterocycles. The van der Waals surface area contributed by atoms with Crippen LogP contribution < -0.4 is 0 Å². The smallest absolute Gasteiger partial charge is 0.314 e. The van der Waals surface area contributed by atoms with Gasteiger partial charge < -0.3 is 19.3 Å². The number of esters is 2. The van der Waals surface area contributed by atoms with E-state index in [2.05, 4.69) is 20.8 Å². The number of carbonyl (C=O) groups is 2. The molecule has 7 unspecified atom stereocenters. The molecule has 6 heteroatoms. The molecule has 4 saturated carbocycles. The summed E-state index contributed by atoms with van der Waals surface area (Å²) >= 11 is 0. The van der Waals surface area contributed by atoms with Gasteiger partial charge in [0.25, 0.3) is 0 Å². The van der Waals surface area contributed by atoms with Crippen molar-refractivity contribution < 1.29 is 28.9 Å². The van der Waals surface area contributed by atoms with Gasteiger partial charge in [0, 0.05) is 6.92 Å². The SMILES string of the molecule is CC(=O)O[C@@H]1CC[C@@]2(C)C(CCC3C2CC[C@@]2(C)C3CCC2[C@H](C)CCC(C(=O)OC(C)(C)C)C(O)OC(C)(C)C)C1. The van der Waals surface area contributed by atoms with Gasteiger partial charge in [0.05, 0.1) is 5.60 Å². The fraction of sp³-hybridized carbons (Fsp3) is 0.944. The summed E-state index contributed by atoms with van der Waals surface area (Å²) in [4.78, 5) is 24.8. The number of ether oxygens (including phenoxy) is 3. The Kier molecular flexibility index (Phi) is 9.91. The molecule has 0 radical (unpaired) electrons. The summed E-state index contributed by atoms with van der Waals surface area (Å²) in [6, 6.07) is 0. The van der Waals surface area contributed by atoms with E-state index in [1.165, 1.54) is 44.9 Å². The molecule has 42 heavy (non-hydrogen) atoms. The van der Waals surface area contributed by atoms with Crippen molar-refractivity contribution >= 4 is 11.9 Å². The molecule has 4 aliphatic carbocycles. The summed E-state index contributed by atoms with van der Waals surface area (Å²) in [5, 5.41) is 11.0. The minimum absolute atomic E-state index is 0.111. The lowest BCUT2D eigenvalue weighted by Crippen LogP contribution is -2.54. The van der Waals surface area contributed by atoms with Gasteiger partial charge in [-0.3, -0.25) is 9.59 Å². The second-order valence-electron chi connectivity index (χ2n) is 17.2. The Balaban J connectivity index is 1.42. The lowest BCUT2D eigenvalue weighted by molar-refractivity contribution is -0.210. The third-order valence-corrected chi connectivity index (χ3v) is 12.2. The van der Waals surface area contributed by atoms with Crippen LogP contribution in [0.5, 0.6) is 0 Å². The monoisotopic (exact) mass is 590 g/mol. The van der Waals surface area contributed by atoms with Gasteiger partial charge in [-0.15, -0.1) is 0 Å². The van der Waals surface area contributed by atoms with Crippen molar-refractivity contribution in [3.8, 4) is 0 Å². The number of hydrogen-bond donors (Lipinski definition) is 1. The molecule has 242 valence electrons. The van der Waals surface area contributed by atoms with E-state index in [9.17, 15) is 14.7 Å². The topological polar surface area (TPSA) is 82.1 Å². The van der Waals surface area contributed by atoms with Crippen molar-refractivity contribution in [1.82, 2.24) is 0 Å². The van der Waals surface area contributed by atoms with Crippen LogP contribution in [0.2, 0.25) is 0 Å². The van der Waals surface area contributed by atoms with E-state index in [1.807, 2.05) is 41.5 Å². The number of carbonyl (C=O) groups excluding carboxylic acids is 2. The zero-order chi connectivity index (χ0) is 31.3. The number of aliphatic hydroxyl groups is 1. The van der Waals surface area contributed by atoms with Crippen molar-refractivity contribution in [2.24, 2.45) is 52.3 Å². The van der Waals surface area contributed by atoms with Gasteiger partial charge in [0.2, 0.25) is 0 Å². The Bertz CT molecular complexity index is 963. The normalized spacial score (nSPS) is 38.8. The van der Waals surface area contributed by atoms with Crippen LogP contribution in [-0.2, 0) is 23.8 Å².